The predicted molar refractivity (Wildman–Crippen MR) is 73.9 cm³/mol. The van der Waals surface area contributed by atoms with Crippen molar-refractivity contribution < 1.29 is 14.6 Å². The van der Waals surface area contributed by atoms with Crippen molar-refractivity contribution >= 4 is 33.4 Å². The molecule has 0 aliphatic carbocycles. The van der Waals surface area contributed by atoms with Crippen LogP contribution >= 0.6 is 27.5 Å². The Bertz CT molecular complexity index is 428. The fourth-order valence-corrected chi connectivity index (χ4v) is 2.00. The zero-order valence-electron chi connectivity index (χ0n) is 10.1. The number of ether oxygens (including phenoxy) is 1. The van der Waals surface area contributed by atoms with Crippen LogP contribution in [-0.2, 0) is 4.79 Å². The second-order valence-electron chi connectivity index (χ2n) is 3.93. The molecule has 0 radical (unpaired) electrons. The maximum Gasteiger partial charge on any atom is 0.261 e. The number of rotatable bonds is 5. The van der Waals surface area contributed by atoms with Crippen molar-refractivity contribution in [1.29, 1.82) is 0 Å². The third-order valence-electron chi connectivity index (χ3n) is 2.23. The highest BCUT2D eigenvalue weighted by Crippen LogP contribution is 2.28. The molecule has 0 saturated carbocycles. The molecule has 0 fully saturated rings. The second-order valence-corrected chi connectivity index (χ2v) is 5.22. The molecular weight excluding hydrogens is 321 g/mol. The second kappa shape index (κ2) is 6.97. The number of hydrogen-bond donors (Lipinski definition) is 2. The maximum atomic E-state index is 11.7. The normalized spacial score (nSPS) is 13.8. The molecule has 2 atom stereocenters. The van der Waals surface area contributed by atoms with Crippen molar-refractivity contribution in [2.45, 2.75) is 26.0 Å². The van der Waals surface area contributed by atoms with Crippen molar-refractivity contribution in [3.63, 3.8) is 0 Å². The van der Waals surface area contributed by atoms with Gasteiger partial charge < -0.3 is 15.2 Å². The number of aliphatic hydroxyl groups excluding tert-OH is 1. The summed E-state index contributed by atoms with van der Waals surface area (Å²) in [6.07, 6.45) is -0.656. The zero-order valence-corrected chi connectivity index (χ0v) is 12.5. The minimum atomic E-state index is -0.656. The van der Waals surface area contributed by atoms with Gasteiger partial charge >= 0.3 is 0 Å². The molecule has 0 heterocycles. The molecule has 1 rings (SSSR count). The Kier molecular flexibility index (Phi) is 5.91. The minimum Gasteiger partial charge on any atom is -0.480 e. The predicted octanol–water partition coefficient (Wildman–Crippen LogP) is 2.37. The molecule has 0 spiro atoms. The Labute approximate surface area is 119 Å². The summed E-state index contributed by atoms with van der Waals surface area (Å²) < 4.78 is 6.19. The van der Waals surface area contributed by atoms with Gasteiger partial charge in [0.2, 0.25) is 0 Å². The smallest absolute Gasteiger partial charge is 0.261 e. The van der Waals surface area contributed by atoms with E-state index in [4.69, 9.17) is 21.4 Å². The summed E-state index contributed by atoms with van der Waals surface area (Å²) in [7, 11) is 0. The average molecular weight is 337 g/mol. The van der Waals surface area contributed by atoms with E-state index in [-0.39, 0.29) is 18.6 Å². The molecule has 2 N–H and O–H groups in total. The van der Waals surface area contributed by atoms with Crippen molar-refractivity contribution in [3.8, 4) is 5.75 Å². The monoisotopic (exact) mass is 335 g/mol. The Morgan fingerprint density at radius 2 is 2.22 bits per heavy atom. The molecule has 4 nitrogen and oxygen atoms in total. The lowest BCUT2D eigenvalue weighted by Crippen LogP contribution is -2.42. The largest absolute Gasteiger partial charge is 0.480 e. The number of hydrogen-bond acceptors (Lipinski definition) is 3. The fraction of sp³-hybridized carbons (Fsp3) is 0.417. The Morgan fingerprint density at radius 3 is 2.78 bits per heavy atom. The van der Waals surface area contributed by atoms with Crippen LogP contribution < -0.4 is 10.1 Å². The number of halogens is 2. The van der Waals surface area contributed by atoms with Gasteiger partial charge in [-0.2, -0.15) is 0 Å². The topological polar surface area (TPSA) is 58.6 Å². The summed E-state index contributed by atoms with van der Waals surface area (Å²) in [6.45, 7) is 3.24. The first-order chi connectivity index (χ1) is 8.43. The van der Waals surface area contributed by atoms with Crippen LogP contribution in [0.4, 0.5) is 0 Å². The summed E-state index contributed by atoms with van der Waals surface area (Å²) >= 11 is 9.12. The highest BCUT2D eigenvalue weighted by molar-refractivity contribution is 9.10. The minimum absolute atomic E-state index is 0.108. The van der Waals surface area contributed by atoms with Gasteiger partial charge in [0.05, 0.1) is 11.1 Å². The zero-order chi connectivity index (χ0) is 13.7. The summed E-state index contributed by atoms with van der Waals surface area (Å²) in [4.78, 5) is 11.7. The molecule has 2 unspecified atom stereocenters. The standard InChI is InChI=1S/C12H15BrClNO3/c1-7(6-16)15-12(17)8(2)18-11-4-3-9(14)5-10(11)13/h3-5,7-8,16H,6H2,1-2H3,(H,15,17). The third-order valence-corrected chi connectivity index (χ3v) is 3.08. The first kappa shape index (κ1) is 15.3. The highest BCUT2D eigenvalue weighted by atomic mass is 79.9. The summed E-state index contributed by atoms with van der Waals surface area (Å²) in [5, 5.41) is 12.1. The Hall–Kier alpha value is -0.780. The highest BCUT2D eigenvalue weighted by Gasteiger charge is 2.17. The van der Waals surface area contributed by atoms with Crippen LogP contribution in [0.15, 0.2) is 22.7 Å². The molecule has 0 aromatic heterocycles. The van der Waals surface area contributed by atoms with Crippen molar-refractivity contribution in [3.05, 3.63) is 27.7 Å². The van der Waals surface area contributed by atoms with E-state index in [2.05, 4.69) is 21.2 Å². The van der Waals surface area contributed by atoms with E-state index >= 15 is 0 Å². The molecule has 1 aromatic rings. The van der Waals surface area contributed by atoms with Gasteiger partial charge in [0, 0.05) is 11.1 Å². The maximum absolute atomic E-state index is 11.7. The van der Waals surface area contributed by atoms with Crippen LogP contribution in [0.5, 0.6) is 5.75 Å². The van der Waals surface area contributed by atoms with Gasteiger partial charge in [0.15, 0.2) is 6.10 Å². The first-order valence-corrected chi connectivity index (χ1v) is 6.64. The van der Waals surface area contributed by atoms with E-state index < -0.39 is 6.10 Å². The summed E-state index contributed by atoms with van der Waals surface area (Å²) in [5.74, 6) is 0.261. The molecule has 1 amide bonds. The van der Waals surface area contributed by atoms with Gasteiger partial charge in [0.1, 0.15) is 5.75 Å². The number of benzene rings is 1. The van der Waals surface area contributed by atoms with Gasteiger partial charge in [-0.25, -0.2) is 0 Å². The average Bonchev–Trinajstić information content (AvgIpc) is 2.32. The van der Waals surface area contributed by atoms with Crippen LogP contribution in [0.1, 0.15) is 13.8 Å². The number of carbonyl (C=O) groups excluding carboxylic acids is 1. The van der Waals surface area contributed by atoms with Crippen LogP contribution in [0.3, 0.4) is 0 Å². The SMILES string of the molecule is CC(CO)NC(=O)C(C)Oc1ccc(Cl)cc1Br. The van der Waals surface area contributed by atoms with E-state index in [1.807, 2.05) is 0 Å². The van der Waals surface area contributed by atoms with Gasteiger partial charge in [0.25, 0.3) is 5.91 Å². The van der Waals surface area contributed by atoms with E-state index in [1.54, 1.807) is 32.0 Å². The molecule has 100 valence electrons. The quantitative estimate of drug-likeness (QED) is 0.868. The third kappa shape index (κ3) is 4.48. The van der Waals surface area contributed by atoms with E-state index in [0.717, 1.165) is 0 Å². The van der Waals surface area contributed by atoms with Crippen molar-refractivity contribution in [2.24, 2.45) is 0 Å². The number of carbonyl (C=O) groups is 1. The number of nitrogens with one attached hydrogen (secondary N) is 1. The molecule has 1 aromatic carbocycles. The number of aliphatic hydroxyl groups is 1. The molecule has 0 saturated heterocycles. The first-order valence-electron chi connectivity index (χ1n) is 5.47. The molecule has 0 aliphatic rings. The molecule has 0 bridgehead atoms. The van der Waals surface area contributed by atoms with Gasteiger partial charge in [-0.1, -0.05) is 11.6 Å². The van der Waals surface area contributed by atoms with E-state index in [9.17, 15) is 4.79 Å². The fourth-order valence-electron chi connectivity index (χ4n) is 1.22. The van der Waals surface area contributed by atoms with Crippen LogP contribution in [-0.4, -0.2) is 29.8 Å². The lowest BCUT2D eigenvalue weighted by atomic mass is 10.3. The van der Waals surface area contributed by atoms with Gasteiger partial charge in [-0.15, -0.1) is 0 Å². The molecular formula is C12H15BrClNO3. The van der Waals surface area contributed by atoms with Gasteiger partial charge in [-0.3, -0.25) is 4.79 Å². The van der Waals surface area contributed by atoms with E-state index in [1.165, 1.54) is 0 Å². The van der Waals surface area contributed by atoms with Crippen molar-refractivity contribution in [2.75, 3.05) is 6.61 Å². The lowest BCUT2D eigenvalue weighted by Gasteiger charge is -2.18. The molecule has 6 heteroatoms. The lowest BCUT2D eigenvalue weighted by molar-refractivity contribution is -0.128. The number of amides is 1. The molecule has 0 aliphatic heterocycles. The Morgan fingerprint density at radius 1 is 1.56 bits per heavy atom. The van der Waals surface area contributed by atoms with Crippen molar-refractivity contribution in [1.82, 2.24) is 5.32 Å². The van der Waals surface area contributed by atoms with E-state index in [0.29, 0.717) is 15.2 Å². The van der Waals surface area contributed by atoms with Crippen LogP contribution in [0.25, 0.3) is 0 Å². The molecule has 18 heavy (non-hydrogen) atoms. The van der Waals surface area contributed by atoms with Crippen LogP contribution in [0, 0.1) is 0 Å². The summed E-state index contributed by atoms with van der Waals surface area (Å²) in [6, 6.07) is 4.77. The Balaban J connectivity index is 2.63. The van der Waals surface area contributed by atoms with Crippen LogP contribution in [0.2, 0.25) is 5.02 Å². The van der Waals surface area contributed by atoms with Gasteiger partial charge in [-0.05, 0) is 48.0 Å². The summed E-state index contributed by atoms with van der Waals surface area (Å²) in [5.41, 5.74) is 0.